The van der Waals surface area contributed by atoms with Gasteiger partial charge in [-0.05, 0) is 36.8 Å². The van der Waals surface area contributed by atoms with Gasteiger partial charge in [0, 0.05) is 25.2 Å². The fourth-order valence-electron chi connectivity index (χ4n) is 4.58. The van der Waals surface area contributed by atoms with E-state index in [9.17, 15) is 5.26 Å². The Morgan fingerprint density at radius 3 is 2.60 bits per heavy atom. The average molecular weight is 531 g/mol. The molecule has 1 aliphatic heterocycles. The first-order chi connectivity index (χ1) is 19.5. The predicted octanol–water partition coefficient (Wildman–Crippen LogP) is 4.91. The van der Waals surface area contributed by atoms with Crippen molar-refractivity contribution >= 4 is 22.7 Å². The summed E-state index contributed by atoms with van der Waals surface area (Å²) in [5, 5.41) is 9.38. The van der Waals surface area contributed by atoms with Gasteiger partial charge in [-0.25, -0.2) is 4.98 Å². The molecule has 0 atom stereocenters. The van der Waals surface area contributed by atoms with Crippen LogP contribution in [0.2, 0.25) is 0 Å². The van der Waals surface area contributed by atoms with Crippen molar-refractivity contribution in [2.24, 2.45) is 4.99 Å². The molecule has 2 N–H and O–H groups in total. The minimum Gasteiger partial charge on any atom is -0.435 e. The molecule has 0 unspecified atom stereocenters. The van der Waals surface area contributed by atoms with Crippen LogP contribution in [0.4, 0.5) is 5.69 Å². The molecule has 0 amide bonds. The summed E-state index contributed by atoms with van der Waals surface area (Å²) >= 11 is 0. The third-order valence-electron chi connectivity index (χ3n) is 6.63. The number of hydrogen-bond donors (Lipinski definition) is 1. The molecular formula is C30H26N8O2. The first kappa shape index (κ1) is 24.9. The maximum atomic E-state index is 9.38. The number of anilines is 1. The van der Waals surface area contributed by atoms with E-state index < -0.39 is 0 Å². The van der Waals surface area contributed by atoms with Crippen LogP contribution in [0, 0.1) is 18.3 Å². The number of imidazole rings is 1. The second-order valence-corrected chi connectivity index (χ2v) is 9.44. The summed E-state index contributed by atoms with van der Waals surface area (Å²) < 4.78 is 14.3. The zero-order valence-corrected chi connectivity index (χ0v) is 22.1. The molecule has 10 nitrogen and oxygen atoms in total. The third kappa shape index (κ3) is 4.88. The number of nitrogen functional groups attached to an aromatic ring is 1. The Kier molecular flexibility index (Phi) is 6.46. The zero-order valence-electron chi connectivity index (χ0n) is 22.1. The Morgan fingerprint density at radius 1 is 0.975 bits per heavy atom. The van der Waals surface area contributed by atoms with Crippen molar-refractivity contribution in [1.29, 1.82) is 5.26 Å². The SMILES string of the molecule is Cc1nc2c(Oc3cc(C#N)ccc3N)nc(Oc3cccc(C4=NCCN4C)c3)nc2n1Cc1ccccc1. The van der Waals surface area contributed by atoms with Crippen LogP contribution in [0.3, 0.4) is 0 Å². The standard InChI is InChI=1S/C30H26N8O2/c1-19-34-26-28(38(19)18-20-7-4-3-5-8-20)35-30(36-29(26)40-25-15-21(17-31)11-12-24(25)32)39-23-10-6-9-22(16-23)27-33-13-14-37(27)2/h3-12,15-16H,13-14,18,32H2,1-2H3. The second-order valence-electron chi connectivity index (χ2n) is 9.44. The highest BCUT2D eigenvalue weighted by Crippen LogP contribution is 2.34. The molecule has 0 bridgehead atoms. The number of aliphatic imine (C=N–C) groups is 1. The number of aromatic nitrogens is 4. The van der Waals surface area contributed by atoms with Crippen LogP contribution in [0.5, 0.6) is 23.4 Å². The fraction of sp³-hybridized carbons (Fsp3) is 0.167. The topological polar surface area (TPSA) is 127 Å². The maximum absolute atomic E-state index is 9.38. The van der Waals surface area contributed by atoms with Crippen molar-refractivity contribution in [2.75, 3.05) is 25.9 Å². The average Bonchev–Trinajstić information content (AvgIpc) is 3.53. The summed E-state index contributed by atoms with van der Waals surface area (Å²) in [5.74, 6) is 2.67. The Labute approximate surface area is 231 Å². The normalized spacial score (nSPS) is 12.8. The highest BCUT2D eigenvalue weighted by atomic mass is 16.5. The molecule has 0 radical (unpaired) electrons. The number of nitriles is 1. The lowest BCUT2D eigenvalue weighted by atomic mass is 10.2. The number of aryl methyl sites for hydroxylation is 1. The minimum atomic E-state index is 0.0885. The van der Waals surface area contributed by atoms with Gasteiger partial charge in [-0.1, -0.05) is 42.5 Å². The van der Waals surface area contributed by atoms with Crippen LogP contribution in [0.1, 0.15) is 22.5 Å². The van der Waals surface area contributed by atoms with E-state index in [-0.39, 0.29) is 11.9 Å². The van der Waals surface area contributed by atoms with Gasteiger partial charge in [-0.3, -0.25) is 4.99 Å². The molecule has 0 fully saturated rings. The quantitative estimate of drug-likeness (QED) is 0.294. The number of rotatable bonds is 7. The predicted molar refractivity (Wildman–Crippen MR) is 152 cm³/mol. The van der Waals surface area contributed by atoms with E-state index in [0.717, 1.165) is 35.9 Å². The molecular weight excluding hydrogens is 504 g/mol. The number of hydrogen-bond acceptors (Lipinski definition) is 9. The Morgan fingerprint density at radius 2 is 1.82 bits per heavy atom. The van der Waals surface area contributed by atoms with Crippen LogP contribution < -0.4 is 15.2 Å². The van der Waals surface area contributed by atoms with Gasteiger partial charge in [0.1, 0.15) is 17.4 Å². The summed E-state index contributed by atoms with van der Waals surface area (Å²) in [6.07, 6.45) is 0. The molecule has 3 aromatic carbocycles. The van der Waals surface area contributed by atoms with Gasteiger partial charge in [0.15, 0.2) is 16.9 Å². The smallest absolute Gasteiger partial charge is 0.327 e. The Hall–Kier alpha value is -5.43. The van der Waals surface area contributed by atoms with Gasteiger partial charge in [-0.2, -0.15) is 15.2 Å². The number of nitrogens with two attached hydrogens (primary N) is 1. The number of nitrogens with zero attached hydrogens (tertiary/aromatic N) is 7. The van der Waals surface area contributed by atoms with Gasteiger partial charge < -0.3 is 24.7 Å². The van der Waals surface area contributed by atoms with Crippen LogP contribution in [-0.4, -0.2) is 50.4 Å². The summed E-state index contributed by atoms with van der Waals surface area (Å²) in [4.78, 5) is 20.8. The van der Waals surface area contributed by atoms with E-state index in [4.69, 9.17) is 25.2 Å². The first-order valence-electron chi connectivity index (χ1n) is 12.8. The van der Waals surface area contributed by atoms with Gasteiger partial charge >= 0.3 is 6.01 Å². The molecule has 0 saturated heterocycles. The maximum Gasteiger partial charge on any atom is 0.327 e. The molecule has 198 valence electrons. The molecule has 0 saturated carbocycles. The molecule has 3 heterocycles. The molecule has 0 spiro atoms. The summed E-state index contributed by atoms with van der Waals surface area (Å²) in [6.45, 7) is 4.09. The van der Waals surface area contributed by atoms with Crippen LogP contribution in [0.15, 0.2) is 77.8 Å². The molecule has 1 aliphatic rings. The van der Waals surface area contributed by atoms with Gasteiger partial charge in [0.05, 0.1) is 30.4 Å². The number of amidine groups is 1. The van der Waals surface area contributed by atoms with Crippen molar-refractivity contribution in [3.8, 4) is 29.5 Å². The van der Waals surface area contributed by atoms with Gasteiger partial charge in [-0.15, -0.1) is 0 Å². The lowest BCUT2D eigenvalue weighted by Gasteiger charge is -2.14. The number of benzene rings is 3. The van der Waals surface area contributed by atoms with E-state index >= 15 is 0 Å². The third-order valence-corrected chi connectivity index (χ3v) is 6.63. The number of likely N-dealkylation sites (N-methyl/N-ethyl adjacent to an activating group) is 1. The first-order valence-corrected chi connectivity index (χ1v) is 12.8. The minimum absolute atomic E-state index is 0.0885. The zero-order chi connectivity index (χ0) is 27.6. The van der Waals surface area contributed by atoms with Crippen molar-refractivity contribution in [3.05, 3.63) is 95.3 Å². The van der Waals surface area contributed by atoms with E-state index in [1.807, 2.05) is 73.1 Å². The number of ether oxygens (including phenoxy) is 2. The van der Waals surface area contributed by atoms with Crippen LogP contribution >= 0.6 is 0 Å². The Balaban J connectivity index is 1.44. The highest BCUT2D eigenvalue weighted by molar-refractivity contribution is 5.99. The molecule has 0 aliphatic carbocycles. The van der Waals surface area contributed by atoms with Crippen molar-refractivity contribution in [3.63, 3.8) is 0 Å². The Bertz CT molecular complexity index is 1790. The summed E-state index contributed by atoms with van der Waals surface area (Å²) in [7, 11) is 2.02. The van der Waals surface area contributed by atoms with Crippen molar-refractivity contribution < 1.29 is 9.47 Å². The monoisotopic (exact) mass is 530 g/mol. The summed E-state index contributed by atoms with van der Waals surface area (Å²) in [6, 6.07) is 24.7. The largest absolute Gasteiger partial charge is 0.435 e. The van der Waals surface area contributed by atoms with E-state index in [2.05, 4.69) is 20.9 Å². The molecule has 40 heavy (non-hydrogen) atoms. The highest BCUT2D eigenvalue weighted by Gasteiger charge is 2.21. The van der Waals surface area contributed by atoms with Gasteiger partial charge in [0.2, 0.25) is 0 Å². The molecule has 5 aromatic rings. The van der Waals surface area contributed by atoms with Gasteiger partial charge in [0.25, 0.3) is 5.88 Å². The van der Waals surface area contributed by atoms with E-state index in [1.54, 1.807) is 18.2 Å². The molecule has 6 rings (SSSR count). The van der Waals surface area contributed by atoms with E-state index in [0.29, 0.717) is 40.5 Å². The van der Waals surface area contributed by atoms with Crippen molar-refractivity contribution in [1.82, 2.24) is 24.4 Å². The molecule has 10 heteroatoms. The fourth-order valence-corrected chi connectivity index (χ4v) is 4.58. The van der Waals surface area contributed by atoms with Crippen LogP contribution in [-0.2, 0) is 6.54 Å². The lowest BCUT2D eigenvalue weighted by Crippen LogP contribution is -2.23. The summed E-state index contributed by atoms with van der Waals surface area (Å²) in [5.41, 5.74) is 9.99. The van der Waals surface area contributed by atoms with Crippen LogP contribution in [0.25, 0.3) is 11.2 Å². The second kappa shape index (κ2) is 10.4. The molecule has 2 aromatic heterocycles. The lowest BCUT2D eigenvalue weighted by molar-refractivity contribution is 0.416. The number of fused-ring (bicyclic) bond motifs is 1. The van der Waals surface area contributed by atoms with E-state index in [1.165, 1.54) is 0 Å². The van der Waals surface area contributed by atoms with Crippen molar-refractivity contribution in [2.45, 2.75) is 13.5 Å².